The lowest BCUT2D eigenvalue weighted by molar-refractivity contribution is -0.384. The Balaban J connectivity index is 2.22. The van der Waals surface area contributed by atoms with Crippen LogP contribution in [-0.2, 0) is 4.79 Å². The Bertz CT molecular complexity index is 968. The van der Waals surface area contributed by atoms with E-state index in [1.165, 1.54) is 43.5 Å². The molecular weight excluding hydrogens is 374 g/mol. The molecule has 2 aromatic carbocycles. The topological polar surface area (TPSA) is 143 Å². The Labute approximate surface area is 159 Å². The summed E-state index contributed by atoms with van der Waals surface area (Å²) in [5, 5.41) is 25.6. The van der Waals surface area contributed by atoms with Crippen LogP contribution in [0.2, 0.25) is 5.02 Å². The highest BCUT2D eigenvalue weighted by molar-refractivity contribution is 6.33. The molecule has 138 valence electrons. The van der Waals surface area contributed by atoms with Crippen molar-refractivity contribution in [3.05, 3.63) is 63.3 Å². The van der Waals surface area contributed by atoms with E-state index in [9.17, 15) is 20.2 Å². The van der Waals surface area contributed by atoms with Crippen LogP contribution in [0.5, 0.6) is 5.75 Å². The van der Waals surface area contributed by atoms with Gasteiger partial charge in [-0.25, -0.2) is 0 Å². The van der Waals surface area contributed by atoms with Gasteiger partial charge in [0, 0.05) is 24.0 Å². The zero-order chi connectivity index (χ0) is 20.0. The SMILES string of the molecule is COc1ccc([N+](=O)[O-])cc1N/C=C(/C#N)C(=O)Nc1ccc(N)c(Cl)c1. The number of amides is 1. The van der Waals surface area contributed by atoms with Crippen LogP contribution in [-0.4, -0.2) is 17.9 Å². The van der Waals surface area contributed by atoms with Gasteiger partial charge in [-0.3, -0.25) is 14.9 Å². The highest BCUT2D eigenvalue weighted by Gasteiger charge is 2.13. The van der Waals surface area contributed by atoms with Gasteiger partial charge >= 0.3 is 0 Å². The molecule has 0 saturated heterocycles. The molecule has 0 aliphatic heterocycles. The summed E-state index contributed by atoms with van der Waals surface area (Å²) >= 11 is 5.89. The van der Waals surface area contributed by atoms with Crippen molar-refractivity contribution in [2.45, 2.75) is 0 Å². The predicted molar refractivity (Wildman–Crippen MR) is 101 cm³/mol. The number of hydrogen-bond acceptors (Lipinski definition) is 7. The molecule has 1 amide bonds. The van der Waals surface area contributed by atoms with Crippen molar-refractivity contribution in [1.29, 1.82) is 5.26 Å². The first-order valence-corrected chi connectivity index (χ1v) is 7.79. The first kappa shape index (κ1) is 19.6. The summed E-state index contributed by atoms with van der Waals surface area (Å²) in [5.74, 6) is -0.393. The second kappa shape index (κ2) is 8.55. The summed E-state index contributed by atoms with van der Waals surface area (Å²) in [4.78, 5) is 22.6. The quantitative estimate of drug-likeness (QED) is 0.227. The summed E-state index contributed by atoms with van der Waals surface area (Å²) in [5.41, 5.74) is 6.09. The minimum atomic E-state index is -0.699. The number of anilines is 3. The number of nitrogen functional groups attached to an aromatic ring is 1. The van der Waals surface area contributed by atoms with E-state index >= 15 is 0 Å². The van der Waals surface area contributed by atoms with Crippen LogP contribution in [0.1, 0.15) is 0 Å². The number of nitrogens with one attached hydrogen (secondary N) is 2. The van der Waals surface area contributed by atoms with Gasteiger partial charge in [0.15, 0.2) is 0 Å². The fourth-order valence-corrected chi connectivity index (χ4v) is 2.20. The normalized spacial score (nSPS) is 10.6. The Morgan fingerprint density at radius 1 is 1.37 bits per heavy atom. The molecule has 0 aliphatic carbocycles. The summed E-state index contributed by atoms with van der Waals surface area (Å²) in [6, 6.07) is 10.1. The third kappa shape index (κ3) is 4.87. The van der Waals surface area contributed by atoms with E-state index in [1.54, 1.807) is 6.07 Å². The maximum absolute atomic E-state index is 12.2. The van der Waals surface area contributed by atoms with Crippen molar-refractivity contribution in [2.24, 2.45) is 0 Å². The van der Waals surface area contributed by atoms with E-state index in [4.69, 9.17) is 22.1 Å². The molecule has 2 rings (SSSR count). The van der Waals surface area contributed by atoms with Gasteiger partial charge in [-0.15, -0.1) is 0 Å². The number of hydrogen-bond donors (Lipinski definition) is 3. The van der Waals surface area contributed by atoms with E-state index in [1.807, 2.05) is 0 Å². The van der Waals surface area contributed by atoms with E-state index < -0.39 is 10.8 Å². The van der Waals surface area contributed by atoms with Gasteiger partial charge in [0.25, 0.3) is 11.6 Å². The summed E-state index contributed by atoms with van der Waals surface area (Å²) in [7, 11) is 1.39. The molecule has 0 radical (unpaired) electrons. The van der Waals surface area contributed by atoms with E-state index in [2.05, 4.69) is 10.6 Å². The van der Waals surface area contributed by atoms with Crippen molar-refractivity contribution in [3.8, 4) is 11.8 Å². The van der Waals surface area contributed by atoms with Crippen LogP contribution in [0.3, 0.4) is 0 Å². The van der Waals surface area contributed by atoms with Crippen molar-refractivity contribution in [2.75, 3.05) is 23.5 Å². The number of nitrogens with zero attached hydrogens (tertiary/aromatic N) is 2. The molecule has 10 heteroatoms. The molecule has 0 spiro atoms. The smallest absolute Gasteiger partial charge is 0.271 e. The first-order chi connectivity index (χ1) is 12.8. The molecular formula is C17H14ClN5O4. The number of halogens is 1. The third-order valence-electron chi connectivity index (χ3n) is 3.39. The maximum atomic E-state index is 12.2. The molecule has 0 aliphatic rings. The summed E-state index contributed by atoms with van der Waals surface area (Å²) in [6.45, 7) is 0. The molecule has 0 saturated carbocycles. The summed E-state index contributed by atoms with van der Waals surface area (Å²) < 4.78 is 5.10. The standard InChI is InChI=1S/C17H14ClN5O4/c1-27-16-5-3-12(23(25)26)7-15(16)21-9-10(8-19)17(24)22-11-2-4-14(20)13(18)6-11/h2-7,9,21H,20H2,1H3,(H,22,24)/b10-9-. The Hall–Kier alpha value is -3.77. The van der Waals surface area contributed by atoms with Crippen molar-refractivity contribution in [3.63, 3.8) is 0 Å². The van der Waals surface area contributed by atoms with E-state index in [0.717, 1.165) is 6.20 Å². The van der Waals surface area contributed by atoms with Crippen molar-refractivity contribution < 1.29 is 14.5 Å². The fourth-order valence-electron chi connectivity index (χ4n) is 2.02. The van der Waals surface area contributed by atoms with Crippen LogP contribution in [0, 0.1) is 21.4 Å². The van der Waals surface area contributed by atoms with E-state index in [0.29, 0.717) is 17.1 Å². The molecule has 2 aromatic rings. The molecule has 0 fully saturated rings. The van der Waals surface area contributed by atoms with Gasteiger partial charge in [0.05, 0.1) is 28.4 Å². The van der Waals surface area contributed by atoms with Crippen LogP contribution in [0.25, 0.3) is 0 Å². The Morgan fingerprint density at radius 3 is 2.70 bits per heavy atom. The zero-order valence-electron chi connectivity index (χ0n) is 14.0. The third-order valence-corrected chi connectivity index (χ3v) is 3.72. The number of non-ortho nitro benzene ring substituents is 1. The van der Waals surface area contributed by atoms with Crippen LogP contribution >= 0.6 is 11.6 Å². The monoisotopic (exact) mass is 387 g/mol. The number of carbonyl (C=O) groups is 1. The minimum absolute atomic E-state index is 0.175. The first-order valence-electron chi connectivity index (χ1n) is 7.41. The fraction of sp³-hybridized carbons (Fsp3) is 0.0588. The van der Waals surface area contributed by atoms with Gasteiger partial charge in [-0.2, -0.15) is 5.26 Å². The molecule has 0 aromatic heterocycles. The number of nitriles is 1. The molecule has 9 nitrogen and oxygen atoms in total. The average molecular weight is 388 g/mol. The van der Waals surface area contributed by atoms with Gasteiger partial charge in [-0.05, 0) is 24.3 Å². The summed E-state index contributed by atoms with van der Waals surface area (Å²) in [6.07, 6.45) is 1.12. The highest BCUT2D eigenvalue weighted by atomic mass is 35.5. The zero-order valence-corrected chi connectivity index (χ0v) is 14.8. The predicted octanol–water partition coefficient (Wildman–Crippen LogP) is 3.30. The number of nitro benzene ring substituents is 1. The Morgan fingerprint density at radius 2 is 2.11 bits per heavy atom. The van der Waals surface area contributed by atoms with Crippen molar-refractivity contribution in [1.82, 2.24) is 0 Å². The Kier molecular flexibility index (Phi) is 6.19. The van der Waals surface area contributed by atoms with Gasteiger partial charge in [-0.1, -0.05) is 11.6 Å². The van der Waals surface area contributed by atoms with Crippen LogP contribution in [0.4, 0.5) is 22.7 Å². The lowest BCUT2D eigenvalue weighted by Crippen LogP contribution is -2.14. The maximum Gasteiger partial charge on any atom is 0.271 e. The number of nitro groups is 1. The molecule has 27 heavy (non-hydrogen) atoms. The largest absolute Gasteiger partial charge is 0.495 e. The number of ether oxygens (including phenoxy) is 1. The minimum Gasteiger partial charge on any atom is -0.495 e. The molecule has 0 atom stereocenters. The van der Waals surface area contributed by atoms with Gasteiger partial charge in [0.1, 0.15) is 17.4 Å². The molecule has 0 bridgehead atoms. The number of nitrogens with two attached hydrogens (primary N) is 1. The number of rotatable bonds is 6. The molecule has 0 heterocycles. The lowest BCUT2D eigenvalue weighted by Gasteiger charge is -2.09. The van der Waals surface area contributed by atoms with Gasteiger partial charge in [0.2, 0.25) is 0 Å². The average Bonchev–Trinajstić information content (AvgIpc) is 2.65. The highest BCUT2D eigenvalue weighted by Crippen LogP contribution is 2.29. The van der Waals surface area contributed by atoms with Gasteiger partial charge < -0.3 is 21.1 Å². The number of methoxy groups -OCH3 is 1. The second-order valence-electron chi connectivity index (χ2n) is 5.15. The molecule has 0 unspecified atom stereocenters. The van der Waals surface area contributed by atoms with Crippen LogP contribution < -0.4 is 21.1 Å². The lowest BCUT2D eigenvalue weighted by atomic mass is 10.2. The van der Waals surface area contributed by atoms with Crippen LogP contribution in [0.15, 0.2) is 48.2 Å². The molecule has 4 N–H and O–H groups in total. The van der Waals surface area contributed by atoms with Crippen molar-refractivity contribution >= 4 is 40.3 Å². The number of carbonyl (C=O) groups excluding carboxylic acids is 1. The number of benzene rings is 2. The second-order valence-corrected chi connectivity index (χ2v) is 5.55. The van der Waals surface area contributed by atoms with E-state index in [-0.39, 0.29) is 22.0 Å².